The molecular formula is C12H25N3O2. The molecular weight excluding hydrogens is 218 g/mol. The number of nitrogens with one attached hydrogen (secondary N) is 1. The second-order valence-electron chi connectivity index (χ2n) is 3.75. The predicted molar refractivity (Wildman–Crippen MR) is 71.2 cm³/mol. The van der Waals surface area contributed by atoms with E-state index >= 15 is 0 Å². The smallest absolute Gasteiger partial charge is 0.188 e. The third kappa shape index (κ3) is 12.9. The first-order valence-electron chi connectivity index (χ1n) is 6.00. The summed E-state index contributed by atoms with van der Waals surface area (Å²) in [7, 11) is 0. The van der Waals surface area contributed by atoms with Crippen molar-refractivity contribution in [3.63, 3.8) is 0 Å². The summed E-state index contributed by atoms with van der Waals surface area (Å²) in [6.45, 7) is 11.7. The van der Waals surface area contributed by atoms with Gasteiger partial charge >= 0.3 is 0 Å². The summed E-state index contributed by atoms with van der Waals surface area (Å²) < 4.78 is 10.5. The quantitative estimate of drug-likeness (QED) is 0.259. The molecule has 0 saturated heterocycles. The fraction of sp³-hybridized carbons (Fsp3) is 0.750. The van der Waals surface area contributed by atoms with Gasteiger partial charge in [0.15, 0.2) is 5.96 Å². The Labute approximate surface area is 104 Å². The molecule has 0 fully saturated rings. The monoisotopic (exact) mass is 243 g/mol. The Morgan fingerprint density at radius 1 is 1.35 bits per heavy atom. The molecule has 5 heteroatoms. The molecule has 0 aliphatic rings. The van der Waals surface area contributed by atoms with E-state index in [1.54, 1.807) is 0 Å². The normalized spacial score (nSPS) is 11.5. The van der Waals surface area contributed by atoms with Gasteiger partial charge in [-0.3, -0.25) is 4.99 Å². The molecule has 0 rings (SSSR count). The highest BCUT2D eigenvalue weighted by Gasteiger charge is 1.92. The number of rotatable bonds is 10. The zero-order chi connectivity index (χ0) is 12.9. The third-order valence-electron chi connectivity index (χ3n) is 1.83. The highest BCUT2D eigenvalue weighted by Crippen LogP contribution is 1.86. The summed E-state index contributed by atoms with van der Waals surface area (Å²) in [4.78, 5) is 4.16. The summed E-state index contributed by atoms with van der Waals surface area (Å²) in [6.07, 6.45) is 0.891. The number of hydrogen-bond donors (Lipinski definition) is 2. The molecule has 5 nitrogen and oxygen atoms in total. The predicted octanol–water partition coefficient (Wildman–Crippen LogP) is 0.910. The maximum Gasteiger partial charge on any atom is 0.188 e. The molecule has 0 aromatic carbocycles. The Morgan fingerprint density at radius 3 is 2.76 bits per heavy atom. The van der Waals surface area contributed by atoms with Crippen LogP contribution < -0.4 is 11.1 Å². The van der Waals surface area contributed by atoms with Crippen molar-refractivity contribution in [2.75, 3.05) is 39.5 Å². The van der Waals surface area contributed by atoms with E-state index < -0.39 is 0 Å². The third-order valence-corrected chi connectivity index (χ3v) is 1.83. The van der Waals surface area contributed by atoms with Gasteiger partial charge in [0.05, 0.1) is 13.2 Å². The number of guanidine groups is 1. The lowest BCUT2D eigenvalue weighted by Gasteiger charge is -2.06. The molecule has 0 atom stereocenters. The topological polar surface area (TPSA) is 68.9 Å². The van der Waals surface area contributed by atoms with Gasteiger partial charge in [0.25, 0.3) is 0 Å². The van der Waals surface area contributed by atoms with Gasteiger partial charge in [-0.05, 0) is 20.3 Å². The molecule has 0 unspecified atom stereocenters. The van der Waals surface area contributed by atoms with Crippen LogP contribution in [0.4, 0.5) is 0 Å². The van der Waals surface area contributed by atoms with Crippen LogP contribution in [0, 0.1) is 0 Å². The molecule has 0 spiro atoms. The number of ether oxygens (including phenoxy) is 2. The van der Waals surface area contributed by atoms with Crippen molar-refractivity contribution in [3.8, 4) is 0 Å². The summed E-state index contributed by atoms with van der Waals surface area (Å²) >= 11 is 0. The van der Waals surface area contributed by atoms with Gasteiger partial charge in [-0.2, -0.15) is 0 Å². The highest BCUT2D eigenvalue weighted by atomic mass is 16.5. The fourth-order valence-electron chi connectivity index (χ4n) is 1.06. The van der Waals surface area contributed by atoms with Gasteiger partial charge in [0.1, 0.15) is 0 Å². The first-order chi connectivity index (χ1) is 8.16. The van der Waals surface area contributed by atoms with E-state index in [4.69, 9.17) is 15.2 Å². The van der Waals surface area contributed by atoms with E-state index in [9.17, 15) is 0 Å². The molecule has 0 amide bonds. The van der Waals surface area contributed by atoms with Crippen LogP contribution in [0.3, 0.4) is 0 Å². The minimum absolute atomic E-state index is 0.459. The lowest BCUT2D eigenvalue weighted by Crippen LogP contribution is -2.34. The average Bonchev–Trinajstić information content (AvgIpc) is 2.28. The maximum atomic E-state index is 5.66. The van der Waals surface area contributed by atoms with Crippen molar-refractivity contribution in [1.29, 1.82) is 0 Å². The van der Waals surface area contributed by atoms with Crippen molar-refractivity contribution in [2.45, 2.75) is 20.3 Å². The lowest BCUT2D eigenvalue weighted by molar-refractivity contribution is 0.146. The van der Waals surface area contributed by atoms with E-state index in [0.717, 1.165) is 25.2 Å². The van der Waals surface area contributed by atoms with Crippen LogP contribution in [0.15, 0.2) is 17.1 Å². The second-order valence-corrected chi connectivity index (χ2v) is 3.75. The lowest BCUT2D eigenvalue weighted by atomic mass is 10.4. The standard InChI is InChI=1S/C12H25N3O2/c1-4-16-8-5-6-14-12(13)15-7-9-17-10-11(2)3/h2,4-10H2,1,3H3,(H3,13,14,15). The molecule has 0 aromatic rings. The Bertz CT molecular complexity index is 230. The van der Waals surface area contributed by atoms with Crippen LogP contribution in [-0.4, -0.2) is 45.5 Å². The second kappa shape index (κ2) is 11.4. The average molecular weight is 243 g/mol. The van der Waals surface area contributed by atoms with Gasteiger partial charge < -0.3 is 20.5 Å². The first-order valence-corrected chi connectivity index (χ1v) is 6.00. The van der Waals surface area contributed by atoms with Crippen molar-refractivity contribution in [1.82, 2.24) is 5.32 Å². The number of aliphatic imine (C=N–C) groups is 1. The van der Waals surface area contributed by atoms with Crippen LogP contribution in [0.2, 0.25) is 0 Å². The number of hydrogen-bond acceptors (Lipinski definition) is 3. The van der Waals surface area contributed by atoms with E-state index in [1.165, 1.54) is 0 Å². The SMILES string of the molecule is C=C(C)COCCNC(N)=NCCCOCC. The molecule has 100 valence electrons. The van der Waals surface area contributed by atoms with E-state index in [2.05, 4.69) is 16.9 Å². The van der Waals surface area contributed by atoms with Gasteiger partial charge in [-0.15, -0.1) is 0 Å². The molecule has 3 N–H and O–H groups in total. The van der Waals surface area contributed by atoms with E-state index in [1.807, 2.05) is 13.8 Å². The minimum Gasteiger partial charge on any atom is -0.382 e. The maximum absolute atomic E-state index is 5.66. The molecule has 0 aliphatic heterocycles. The molecule has 0 aromatic heterocycles. The molecule has 0 saturated carbocycles. The molecule has 0 heterocycles. The van der Waals surface area contributed by atoms with Crippen LogP contribution in [0.1, 0.15) is 20.3 Å². The molecule has 0 bridgehead atoms. The fourth-order valence-corrected chi connectivity index (χ4v) is 1.06. The van der Waals surface area contributed by atoms with Gasteiger partial charge in [-0.25, -0.2) is 0 Å². The van der Waals surface area contributed by atoms with Crippen molar-refractivity contribution in [2.24, 2.45) is 10.7 Å². The molecule has 0 radical (unpaired) electrons. The summed E-state index contributed by atoms with van der Waals surface area (Å²) in [5.41, 5.74) is 6.67. The highest BCUT2D eigenvalue weighted by molar-refractivity contribution is 5.77. The zero-order valence-corrected chi connectivity index (χ0v) is 11.0. The van der Waals surface area contributed by atoms with Crippen LogP contribution in [0.5, 0.6) is 0 Å². The molecule has 0 aliphatic carbocycles. The van der Waals surface area contributed by atoms with Crippen molar-refractivity contribution >= 4 is 5.96 Å². The Hall–Kier alpha value is -1.07. The largest absolute Gasteiger partial charge is 0.382 e. The summed E-state index contributed by atoms with van der Waals surface area (Å²) in [6, 6.07) is 0. The van der Waals surface area contributed by atoms with Gasteiger partial charge in [-0.1, -0.05) is 12.2 Å². The van der Waals surface area contributed by atoms with Crippen LogP contribution in [0.25, 0.3) is 0 Å². The van der Waals surface area contributed by atoms with Crippen LogP contribution >= 0.6 is 0 Å². The van der Waals surface area contributed by atoms with Crippen LogP contribution in [-0.2, 0) is 9.47 Å². The van der Waals surface area contributed by atoms with E-state index in [-0.39, 0.29) is 0 Å². The van der Waals surface area contributed by atoms with Gasteiger partial charge in [0.2, 0.25) is 0 Å². The van der Waals surface area contributed by atoms with Gasteiger partial charge in [0, 0.05) is 26.3 Å². The van der Waals surface area contributed by atoms with Crippen molar-refractivity contribution in [3.05, 3.63) is 12.2 Å². The summed E-state index contributed by atoms with van der Waals surface area (Å²) in [5.74, 6) is 0.459. The molecule has 17 heavy (non-hydrogen) atoms. The minimum atomic E-state index is 0.459. The first kappa shape index (κ1) is 15.9. The Morgan fingerprint density at radius 2 is 2.12 bits per heavy atom. The van der Waals surface area contributed by atoms with E-state index in [0.29, 0.717) is 32.3 Å². The summed E-state index contributed by atoms with van der Waals surface area (Å²) in [5, 5.41) is 2.98. The Kier molecular flexibility index (Phi) is 10.7. The number of nitrogens with two attached hydrogens (primary N) is 1. The Balaban J connectivity index is 3.34. The van der Waals surface area contributed by atoms with Crippen molar-refractivity contribution < 1.29 is 9.47 Å². The zero-order valence-electron chi connectivity index (χ0n) is 11.0. The number of nitrogens with zero attached hydrogens (tertiary/aromatic N) is 1.